The molecule has 14 rings (SSSR count). The lowest BCUT2D eigenvalue weighted by atomic mass is 9.98. The lowest BCUT2D eigenvalue weighted by Crippen LogP contribution is -2.39. The maximum Gasteiger partial charge on any atom is 0.123 e. The van der Waals surface area contributed by atoms with Gasteiger partial charge in [0.05, 0.1) is 50.2 Å². The first-order valence-corrected chi connectivity index (χ1v) is 22.8. The minimum absolute atomic E-state index is 0.101. The van der Waals surface area contributed by atoms with Gasteiger partial charge in [0.15, 0.2) is 0 Å². The summed E-state index contributed by atoms with van der Waals surface area (Å²) in [7, 11) is 0. The van der Waals surface area contributed by atoms with Crippen molar-refractivity contribution in [1.29, 1.82) is 0 Å². The Kier molecular flexibility index (Phi) is 7.75. The number of allylic oxidation sites excluding steroid dienone is 8. The second-order valence-corrected chi connectivity index (χ2v) is 17.8. The predicted octanol–water partition coefficient (Wildman–Crippen LogP) is 14.1. The number of hydrogen-bond donors (Lipinski definition) is 2. The molecule has 3 unspecified atom stereocenters. The van der Waals surface area contributed by atoms with Crippen LogP contribution in [0.4, 0.5) is 0 Å². The minimum atomic E-state index is -0.117. The summed E-state index contributed by atoms with van der Waals surface area (Å²) in [5.74, 6) is 1.45. The SMILES string of the molecule is CC1CC=CC=C1n1c2ccccc2c2cc3c(cc21)c1ccccc1n3C1C=CC=C(C2C=CC=C(n3c4ccccc4c4ccc5c6ccccc6n(-c6ccccc6)c5c43)N2)N1. The van der Waals surface area contributed by atoms with Crippen LogP contribution < -0.4 is 10.6 Å². The Morgan fingerprint density at radius 3 is 1.74 bits per heavy atom. The zero-order valence-corrected chi connectivity index (χ0v) is 35.9. The fraction of sp³-hybridized carbons (Fsp3) is 0.0847. The zero-order chi connectivity index (χ0) is 42.8. The molecule has 1 aliphatic carbocycles. The molecule has 0 saturated carbocycles. The molecule has 310 valence electrons. The van der Waals surface area contributed by atoms with Gasteiger partial charge < -0.3 is 24.3 Å². The van der Waals surface area contributed by atoms with E-state index >= 15 is 0 Å². The van der Waals surface area contributed by atoms with Crippen LogP contribution >= 0.6 is 0 Å². The number of para-hydroxylation sites is 5. The number of nitrogens with zero attached hydrogens (tertiary/aromatic N) is 4. The van der Waals surface area contributed by atoms with E-state index in [0.717, 1.165) is 23.6 Å². The van der Waals surface area contributed by atoms with Crippen molar-refractivity contribution in [3.8, 4) is 5.69 Å². The van der Waals surface area contributed by atoms with Gasteiger partial charge in [0.1, 0.15) is 12.0 Å². The summed E-state index contributed by atoms with van der Waals surface area (Å²) in [5.41, 5.74) is 13.3. The van der Waals surface area contributed by atoms with Gasteiger partial charge in [0.25, 0.3) is 0 Å². The lowest BCUT2D eigenvalue weighted by molar-refractivity contribution is 0.526. The van der Waals surface area contributed by atoms with E-state index in [1.807, 2.05) is 0 Å². The highest BCUT2D eigenvalue weighted by molar-refractivity contribution is 6.24. The molecule has 6 heterocycles. The predicted molar refractivity (Wildman–Crippen MR) is 273 cm³/mol. The van der Waals surface area contributed by atoms with Gasteiger partial charge in [-0.1, -0.05) is 140 Å². The van der Waals surface area contributed by atoms with Gasteiger partial charge in [0.2, 0.25) is 0 Å². The summed E-state index contributed by atoms with van der Waals surface area (Å²) in [6, 6.07) is 55.6. The largest absolute Gasteiger partial charge is 0.363 e. The Morgan fingerprint density at radius 2 is 1.02 bits per heavy atom. The summed E-state index contributed by atoms with van der Waals surface area (Å²) < 4.78 is 9.91. The molecular weight excluding hydrogens is 793 g/mol. The van der Waals surface area contributed by atoms with Crippen molar-refractivity contribution in [3.05, 3.63) is 212 Å². The highest BCUT2D eigenvalue weighted by Gasteiger charge is 2.28. The number of fused-ring (bicyclic) bond motifs is 13. The van der Waals surface area contributed by atoms with E-state index in [4.69, 9.17) is 0 Å². The maximum atomic E-state index is 4.04. The Bertz CT molecular complexity index is 4000. The first kappa shape index (κ1) is 36.3. The molecule has 0 spiro atoms. The number of rotatable bonds is 5. The fourth-order valence-corrected chi connectivity index (χ4v) is 11.4. The van der Waals surface area contributed by atoms with E-state index in [-0.39, 0.29) is 12.2 Å². The molecule has 0 amide bonds. The van der Waals surface area contributed by atoms with Crippen LogP contribution in [0.5, 0.6) is 0 Å². The summed E-state index contributed by atoms with van der Waals surface area (Å²) in [6.45, 7) is 2.34. The van der Waals surface area contributed by atoms with Crippen LogP contribution in [0.25, 0.3) is 104 Å². The van der Waals surface area contributed by atoms with Crippen LogP contribution in [0.2, 0.25) is 0 Å². The third-order valence-corrected chi connectivity index (χ3v) is 14.2. The molecule has 0 bridgehead atoms. The van der Waals surface area contributed by atoms with E-state index in [1.54, 1.807) is 0 Å². The topological polar surface area (TPSA) is 43.8 Å². The van der Waals surface area contributed by atoms with Crippen LogP contribution in [0.1, 0.15) is 19.5 Å². The Hall–Kier alpha value is -8.22. The van der Waals surface area contributed by atoms with Crippen molar-refractivity contribution in [2.45, 2.75) is 25.6 Å². The van der Waals surface area contributed by atoms with Gasteiger partial charge in [-0.15, -0.1) is 0 Å². The zero-order valence-electron chi connectivity index (χ0n) is 35.9. The molecule has 2 N–H and O–H groups in total. The second kappa shape index (κ2) is 13.9. The molecule has 2 aliphatic heterocycles. The van der Waals surface area contributed by atoms with Crippen molar-refractivity contribution in [3.63, 3.8) is 0 Å². The smallest absolute Gasteiger partial charge is 0.123 e. The van der Waals surface area contributed by atoms with E-state index in [9.17, 15) is 0 Å². The number of benzene rings is 7. The standard InChI is InChI=1S/C59H44N6/c1-37-17-5-10-26-49(37)63-51-28-12-8-22-41(51)45-36-55-46(35-54(45)63)42-23-9-13-29-52(42)64(55)56-31-15-24-47(60-56)48-25-16-32-57(61-48)65-53-30-14-7-21-40(53)44-34-33-43-39-20-6-11-27-50(39)62(58(43)59(44)65)38-18-3-2-4-19-38/h2-16,18-37,48,56,60-61H,17H2,1H3. The first-order chi connectivity index (χ1) is 32.2. The van der Waals surface area contributed by atoms with E-state index < -0.39 is 0 Å². The molecule has 0 radical (unpaired) electrons. The minimum Gasteiger partial charge on any atom is -0.363 e. The van der Waals surface area contributed by atoms with Gasteiger partial charge in [-0.2, -0.15) is 0 Å². The van der Waals surface area contributed by atoms with Crippen molar-refractivity contribution < 1.29 is 0 Å². The van der Waals surface area contributed by atoms with Crippen LogP contribution in [0.15, 0.2) is 212 Å². The molecule has 6 nitrogen and oxygen atoms in total. The highest BCUT2D eigenvalue weighted by atomic mass is 15.2. The van der Waals surface area contributed by atoms with E-state index in [0.29, 0.717) is 5.92 Å². The van der Waals surface area contributed by atoms with Crippen molar-refractivity contribution in [2.24, 2.45) is 5.92 Å². The van der Waals surface area contributed by atoms with Gasteiger partial charge in [-0.25, -0.2) is 0 Å². The molecule has 65 heavy (non-hydrogen) atoms. The quantitative estimate of drug-likeness (QED) is 0.181. The monoisotopic (exact) mass is 836 g/mol. The molecule has 7 aromatic carbocycles. The van der Waals surface area contributed by atoms with Crippen LogP contribution in [-0.4, -0.2) is 24.3 Å². The van der Waals surface area contributed by atoms with Gasteiger partial charge in [0, 0.05) is 66.1 Å². The Morgan fingerprint density at radius 1 is 0.446 bits per heavy atom. The molecule has 4 aromatic heterocycles. The average molecular weight is 837 g/mol. The van der Waals surface area contributed by atoms with Crippen molar-refractivity contribution in [2.75, 3.05) is 0 Å². The van der Waals surface area contributed by atoms with Gasteiger partial charge in [-0.3, -0.25) is 4.57 Å². The third-order valence-electron chi connectivity index (χ3n) is 14.2. The maximum absolute atomic E-state index is 4.04. The number of hydrogen-bond acceptors (Lipinski definition) is 2. The molecule has 3 atom stereocenters. The summed E-state index contributed by atoms with van der Waals surface area (Å²) >= 11 is 0. The molecule has 11 aromatic rings. The number of nitrogens with one attached hydrogen (secondary N) is 2. The Balaban J connectivity index is 0.890. The van der Waals surface area contributed by atoms with E-state index in [1.165, 1.54) is 92.9 Å². The molecule has 0 fully saturated rings. The average Bonchev–Trinajstić information content (AvgIpc) is 4.09. The van der Waals surface area contributed by atoms with Crippen molar-refractivity contribution >= 4 is 98.7 Å². The summed E-state index contributed by atoms with van der Waals surface area (Å²) in [6.07, 6.45) is 21.2. The second-order valence-electron chi connectivity index (χ2n) is 17.8. The molecule has 3 aliphatic rings. The highest BCUT2D eigenvalue weighted by Crippen LogP contribution is 2.44. The molecular formula is C59H44N6. The lowest BCUT2D eigenvalue weighted by Gasteiger charge is -2.31. The molecule has 0 saturated heterocycles. The van der Waals surface area contributed by atoms with Crippen LogP contribution in [0, 0.1) is 5.92 Å². The first-order valence-electron chi connectivity index (χ1n) is 22.8. The molecule has 6 heteroatoms. The summed E-state index contributed by atoms with van der Waals surface area (Å²) in [4.78, 5) is 0. The van der Waals surface area contributed by atoms with E-state index in [2.05, 4.69) is 242 Å². The van der Waals surface area contributed by atoms with Crippen LogP contribution in [0.3, 0.4) is 0 Å². The third kappa shape index (κ3) is 5.22. The fourth-order valence-electron chi connectivity index (χ4n) is 11.4. The Labute approximate surface area is 375 Å². The van der Waals surface area contributed by atoms with Gasteiger partial charge >= 0.3 is 0 Å². The van der Waals surface area contributed by atoms with Gasteiger partial charge in [-0.05, 0) is 79.3 Å². The number of aromatic nitrogens is 4. The van der Waals surface area contributed by atoms with Crippen molar-refractivity contribution in [1.82, 2.24) is 28.9 Å². The normalized spacial score (nSPS) is 18.7. The summed E-state index contributed by atoms with van der Waals surface area (Å²) in [5, 5.41) is 18.1. The van der Waals surface area contributed by atoms with Crippen LogP contribution in [-0.2, 0) is 0 Å². The number of dihydropyridines is 2.